The number of nitrogens with one attached hydrogen (secondary N) is 1. The van der Waals surface area contributed by atoms with E-state index >= 15 is 0 Å². The van der Waals surface area contributed by atoms with Gasteiger partial charge in [0, 0.05) is 6.54 Å². The molecule has 3 nitrogen and oxygen atoms in total. The maximum absolute atomic E-state index is 12.2. The molecule has 1 fully saturated rings. The molecule has 4 heteroatoms. The van der Waals surface area contributed by atoms with Gasteiger partial charge in [0.1, 0.15) is 0 Å². The van der Waals surface area contributed by atoms with E-state index in [2.05, 4.69) is 4.72 Å². The van der Waals surface area contributed by atoms with Gasteiger partial charge in [-0.3, -0.25) is 0 Å². The summed E-state index contributed by atoms with van der Waals surface area (Å²) in [5.74, 6) is 0.503. The van der Waals surface area contributed by atoms with Crippen molar-refractivity contribution in [3.8, 4) is 0 Å². The highest BCUT2D eigenvalue weighted by atomic mass is 32.2. The van der Waals surface area contributed by atoms with Gasteiger partial charge in [0.15, 0.2) is 0 Å². The van der Waals surface area contributed by atoms with Gasteiger partial charge in [0.25, 0.3) is 0 Å². The molecule has 1 aromatic carbocycles. The summed E-state index contributed by atoms with van der Waals surface area (Å²) in [6, 6.07) is 7.01. The van der Waals surface area contributed by atoms with Crippen LogP contribution >= 0.6 is 0 Å². The summed E-state index contributed by atoms with van der Waals surface area (Å²) >= 11 is 0. The Morgan fingerprint density at radius 2 is 1.63 bits per heavy atom. The van der Waals surface area contributed by atoms with Gasteiger partial charge in [-0.2, -0.15) is 0 Å². The molecule has 0 aliphatic heterocycles. The van der Waals surface area contributed by atoms with E-state index in [1.807, 2.05) is 19.1 Å². The summed E-state index contributed by atoms with van der Waals surface area (Å²) in [5.41, 5.74) is 1.07. The van der Waals surface area contributed by atoms with E-state index in [0.29, 0.717) is 17.4 Å². The van der Waals surface area contributed by atoms with Crippen LogP contribution in [0.2, 0.25) is 0 Å². The molecule has 19 heavy (non-hydrogen) atoms. The molecule has 0 radical (unpaired) electrons. The summed E-state index contributed by atoms with van der Waals surface area (Å²) in [5, 5.41) is 0. The molecule has 0 atom stereocenters. The first kappa shape index (κ1) is 14.5. The predicted molar refractivity (Wildman–Crippen MR) is 77.6 cm³/mol. The van der Waals surface area contributed by atoms with Crippen LogP contribution in [0.1, 0.15) is 44.1 Å². The average molecular weight is 281 g/mol. The van der Waals surface area contributed by atoms with Crippen LogP contribution in [0.15, 0.2) is 29.2 Å². The molecule has 1 saturated carbocycles. The maximum Gasteiger partial charge on any atom is 0.240 e. The number of sulfonamides is 1. The Bertz CT molecular complexity index is 485. The molecule has 106 valence electrons. The zero-order chi connectivity index (χ0) is 13.7. The Morgan fingerprint density at radius 3 is 2.21 bits per heavy atom. The van der Waals surface area contributed by atoms with Gasteiger partial charge in [0.2, 0.25) is 10.0 Å². The molecule has 0 spiro atoms. The highest BCUT2D eigenvalue weighted by Crippen LogP contribution is 2.22. The second-order valence-electron chi connectivity index (χ2n) is 5.52. The molecule has 0 amide bonds. The molecule has 1 aliphatic carbocycles. The first-order valence-corrected chi connectivity index (χ1v) is 8.62. The Morgan fingerprint density at radius 1 is 1.05 bits per heavy atom. The normalized spacial score (nSPS) is 18.2. The number of hydrogen-bond acceptors (Lipinski definition) is 2. The van der Waals surface area contributed by atoms with Crippen LogP contribution in [0.4, 0.5) is 0 Å². The van der Waals surface area contributed by atoms with Gasteiger partial charge in [-0.1, -0.05) is 43.4 Å². The van der Waals surface area contributed by atoms with Crippen molar-refractivity contribution in [3.05, 3.63) is 29.8 Å². The third-order valence-corrected chi connectivity index (χ3v) is 5.31. The smallest absolute Gasteiger partial charge is 0.211 e. The fraction of sp³-hybridized carbons (Fsp3) is 0.600. The van der Waals surface area contributed by atoms with Crippen molar-refractivity contribution >= 4 is 10.0 Å². The first-order valence-electron chi connectivity index (χ1n) is 7.14. The highest BCUT2D eigenvalue weighted by Gasteiger charge is 2.17. The summed E-state index contributed by atoms with van der Waals surface area (Å²) in [6.45, 7) is 2.53. The summed E-state index contributed by atoms with van der Waals surface area (Å²) in [4.78, 5) is 0.367. The van der Waals surface area contributed by atoms with Crippen LogP contribution in [0.5, 0.6) is 0 Å². The van der Waals surface area contributed by atoms with Gasteiger partial charge in [-0.05, 0) is 37.8 Å². The second-order valence-corrected chi connectivity index (χ2v) is 7.29. The largest absolute Gasteiger partial charge is 0.240 e. The summed E-state index contributed by atoms with van der Waals surface area (Å²) < 4.78 is 27.1. The van der Waals surface area contributed by atoms with Crippen LogP contribution in [-0.2, 0) is 10.0 Å². The standard InChI is InChI=1S/C15H23NO2S/c1-13-8-10-15(11-9-13)19(17,18)16-12-14-6-4-2-3-5-7-14/h8-11,14,16H,2-7,12H2,1H3. The van der Waals surface area contributed by atoms with Crippen molar-refractivity contribution in [2.24, 2.45) is 5.92 Å². The third kappa shape index (κ3) is 4.32. The summed E-state index contributed by atoms with van der Waals surface area (Å²) in [7, 11) is -3.34. The van der Waals surface area contributed by atoms with Gasteiger partial charge in [-0.25, -0.2) is 13.1 Å². The predicted octanol–water partition coefficient (Wildman–Crippen LogP) is 3.24. The van der Waals surface area contributed by atoms with Crippen molar-refractivity contribution in [1.29, 1.82) is 0 Å². The van der Waals surface area contributed by atoms with Crippen LogP contribution in [0.3, 0.4) is 0 Å². The Kier molecular flexibility index (Phi) is 4.99. The van der Waals surface area contributed by atoms with Gasteiger partial charge < -0.3 is 0 Å². The van der Waals surface area contributed by atoms with Gasteiger partial charge in [-0.15, -0.1) is 0 Å². The van der Waals surface area contributed by atoms with E-state index in [1.165, 1.54) is 25.7 Å². The molecule has 1 aromatic rings. The number of rotatable bonds is 4. The topological polar surface area (TPSA) is 46.2 Å². The van der Waals surface area contributed by atoms with Crippen LogP contribution in [-0.4, -0.2) is 15.0 Å². The van der Waals surface area contributed by atoms with E-state index in [1.54, 1.807) is 12.1 Å². The fourth-order valence-electron chi connectivity index (χ4n) is 2.60. The minimum Gasteiger partial charge on any atom is -0.211 e. The minimum absolute atomic E-state index is 0.367. The lowest BCUT2D eigenvalue weighted by atomic mass is 10.0. The van der Waals surface area contributed by atoms with Crippen molar-refractivity contribution in [3.63, 3.8) is 0 Å². The molecular formula is C15H23NO2S. The quantitative estimate of drug-likeness (QED) is 0.861. The number of aryl methyl sites for hydroxylation is 1. The SMILES string of the molecule is Cc1ccc(S(=O)(=O)NCC2CCCCCC2)cc1. The van der Waals surface area contributed by atoms with Crippen molar-refractivity contribution < 1.29 is 8.42 Å². The van der Waals surface area contributed by atoms with Crippen molar-refractivity contribution in [1.82, 2.24) is 4.72 Å². The molecule has 0 aromatic heterocycles. The molecule has 1 N–H and O–H groups in total. The lowest BCUT2D eigenvalue weighted by molar-refractivity contribution is 0.451. The lowest BCUT2D eigenvalue weighted by Crippen LogP contribution is -2.29. The third-order valence-electron chi connectivity index (χ3n) is 3.87. The van der Waals surface area contributed by atoms with E-state index in [4.69, 9.17) is 0 Å². The zero-order valence-electron chi connectivity index (χ0n) is 11.6. The second kappa shape index (κ2) is 6.53. The minimum atomic E-state index is -3.34. The molecular weight excluding hydrogens is 258 g/mol. The van der Waals surface area contributed by atoms with E-state index in [0.717, 1.165) is 18.4 Å². The van der Waals surface area contributed by atoms with Crippen LogP contribution in [0, 0.1) is 12.8 Å². The molecule has 0 heterocycles. The monoisotopic (exact) mass is 281 g/mol. The lowest BCUT2D eigenvalue weighted by Gasteiger charge is -2.15. The van der Waals surface area contributed by atoms with Crippen LogP contribution < -0.4 is 4.72 Å². The first-order chi connectivity index (χ1) is 9.08. The molecule has 2 rings (SSSR count). The fourth-order valence-corrected chi connectivity index (χ4v) is 3.71. The van der Waals surface area contributed by atoms with E-state index in [-0.39, 0.29) is 0 Å². The average Bonchev–Trinajstić information content (AvgIpc) is 2.65. The molecule has 0 bridgehead atoms. The molecule has 0 saturated heterocycles. The number of hydrogen-bond donors (Lipinski definition) is 1. The Balaban J connectivity index is 1.95. The van der Waals surface area contributed by atoms with E-state index in [9.17, 15) is 8.42 Å². The zero-order valence-corrected chi connectivity index (χ0v) is 12.4. The van der Waals surface area contributed by atoms with E-state index < -0.39 is 10.0 Å². The van der Waals surface area contributed by atoms with Crippen molar-refractivity contribution in [2.45, 2.75) is 50.3 Å². The maximum atomic E-state index is 12.2. The highest BCUT2D eigenvalue weighted by molar-refractivity contribution is 7.89. The van der Waals surface area contributed by atoms with Gasteiger partial charge in [0.05, 0.1) is 4.90 Å². The van der Waals surface area contributed by atoms with Crippen molar-refractivity contribution in [2.75, 3.05) is 6.54 Å². The number of benzene rings is 1. The molecule has 1 aliphatic rings. The Hall–Kier alpha value is -0.870. The molecule has 0 unspecified atom stereocenters. The Labute approximate surface area is 116 Å². The summed E-state index contributed by atoms with van der Waals surface area (Å²) in [6.07, 6.45) is 7.35. The van der Waals surface area contributed by atoms with Crippen LogP contribution in [0.25, 0.3) is 0 Å². The van der Waals surface area contributed by atoms with Gasteiger partial charge >= 0.3 is 0 Å².